The molecule has 0 bridgehead atoms. The zero-order valence-corrected chi connectivity index (χ0v) is 30.6. The summed E-state index contributed by atoms with van der Waals surface area (Å²) in [4.78, 5) is 0. The van der Waals surface area contributed by atoms with Crippen molar-refractivity contribution < 1.29 is 17.1 Å². The van der Waals surface area contributed by atoms with Crippen LogP contribution in [0.3, 0.4) is 0 Å². The molecule has 0 saturated carbocycles. The van der Waals surface area contributed by atoms with Gasteiger partial charge in [0.1, 0.15) is 0 Å². The van der Waals surface area contributed by atoms with Gasteiger partial charge in [0.05, 0.1) is 0 Å². The van der Waals surface area contributed by atoms with Gasteiger partial charge in [0, 0.05) is 0 Å². The van der Waals surface area contributed by atoms with Gasteiger partial charge in [-0.15, -0.1) is 10.9 Å². The maximum Gasteiger partial charge on any atom is 2.00 e. The van der Waals surface area contributed by atoms with Crippen molar-refractivity contribution in [2.45, 2.75) is 40.3 Å². The van der Waals surface area contributed by atoms with Gasteiger partial charge >= 0.3 is 17.1 Å². The molecule has 3 heteroatoms. The van der Waals surface area contributed by atoms with Crippen LogP contribution in [0.5, 0.6) is 0 Å². The summed E-state index contributed by atoms with van der Waals surface area (Å²) in [6.07, 6.45) is 0. The van der Waals surface area contributed by atoms with Crippen LogP contribution in [0, 0.1) is 42.5 Å². The molecule has 45 heavy (non-hydrogen) atoms. The third-order valence-corrected chi connectivity index (χ3v) is 12.7. The van der Waals surface area contributed by atoms with Crippen molar-refractivity contribution in [3.8, 4) is 0 Å². The third-order valence-electron chi connectivity index (χ3n) is 7.46. The van der Waals surface area contributed by atoms with E-state index in [1.807, 2.05) is 30.3 Å². The van der Waals surface area contributed by atoms with E-state index in [0.717, 1.165) is 0 Å². The second kappa shape index (κ2) is 18.2. The van der Waals surface area contributed by atoms with Crippen molar-refractivity contribution in [1.82, 2.24) is 0 Å². The van der Waals surface area contributed by atoms with Gasteiger partial charge in [-0.05, 0) is 70.4 Å². The molecule has 1 atom stereocenters. The van der Waals surface area contributed by atoms with E-state index in [9.17, 15) is 0 Å². The molecule has 6 aromatic rings. The van der Waals surface area contributed by atoms with Gasteiger partial charge in [0.25, 0.3) is 0 Å². The van der Waals surface area contributed by atoms with Crippen LogP contribution in [-0.2, 0) is 17.1 Å². The number of rotatable bonds is 7. The normalized spacial score (nSPS) is 11.0. The van der Waals surface area contributed by atoms with Crippen LogP contribution < -0.4 is 26.5 Å². The molecule has 0 aromatic heterocycles. The Labute approximate surface area is 286 Å². The first-order valence-corrected chi connectivity index (χ1v) is 17.4. The first-order valence-electron chi connectivity index (χ1n) is 14.7. The van der Waals surface area contributed by atoms with Gasteiger partial charge in [0.15, 0.2) is 0 Å². The summed E-state index contributed by atoms with van der Waals surface area (Å²) >= 11 is 0. The minimum Gasteiger partial charge on any atom is -0.358 e. The Kier molecular flexibility index (Phi) is 15.4. The van der Waals surface area contributed by atoms with Crippen molar-refractivity contribution >= 4 is 42.4 Å². The molecule has 0 unspecified atom stereocenters. The SMILES string of the molecule is Cc1cc(C)cc(P(c2cc(C)cc(C)c2)[C@H](C)[c-]2cccc2P(c2ccccc2)c2ccccc2)c1.[CH3-].[CH3-].[Fe+2].c1cc[cH-]c1. The molecule has 0 aliphatic heterocycles. The summed E-state index contributed by atoms with van der Waals surface area (Å²) < 4.78 is 0. The number of hydrogen-bond acceptors (Lipinski definition) is 0. The molecule has 0 spiro atoms. The minimum atomic E-state index is -0.639. The summed E-state index contributed by atoms with van der Waals surface area (Å²) in [6, 6.07) is 53.5. The van der Waals surface area contributed by atoms with E-state index in [2.05, 4.69) is 150 Å². The van der Waals surface area contributed by atoms with Gasteiger partial charge in [-0.2, -0.15) is 24.3 Å². The molecule has 0 N–H and O–H groups in total. The molecule has 6 rings (SSSR count). The summed E-state index contributed by atoms with van der Waals surface area (Å²) in [5.74, 6) is 0. The fraction of sp³-hybridized carbons (Fsp3) is 0.143. The summed E-state index contributed by atoms with van der Waals surface area (Å²) in [5, 5.41) is 7.25. The topological polar surface area (TPSA) is 0 Å². The van der Waals surface area contributed by atoms with Crippen LogP contribution in [0.2, 0.25) is 0 Å². The van der Waals surface area contributed by atoms with Crippen LogP contribution in [0.1, 0.15) is 40.4 Å². The van der Waals surface area contributed by atoms with Gasteiger partial charge in [-0.1, -0.05) is 126 Å². The van der Waals surface area contributed by atoms with Crippen molar-refractivity contribution in [2.75, 3.05) is 0 Å². The molecule has 0 heterocycles. The average molecular weight is 669 g/mol. The fourth-order valence-electron chi connectivity index (χ4n) is 5.80. The summed E-state index contributed by atoms with van der Waals surface area (Å²) in [6.45, 7) is 11.4. The molecule has 0 aliphatic rings. The van der Waals surface area contributed by atoms with Crippen LogP contribution >= 0.6 is 15.8 Å². The van der Waals surface area contributed by atoms with E-state index in [1.165, 1.54) is 54.3 Å². The van der Waals surface area contributed by atoms with Crippen LogP contribution in [0.15, 0.2) is 146 Å². The molecular formula is C42H46FeP2-2. The van der Waals surface area contributed by atoms with Crippen molar-refractivity contribution in [3.05, 3.63) is 188 Å². The number of hydrogen-bond donors (Lipinski definition) is 0. The zero-order valence-electron chi connectivity index (χ0n) is 27.7. The van der Waals surface area contributed by atoms with E-state index in [-0.39, 0.29) is 31.9 Å². The Balaban J connectivity index is 0.000000805. The largest absolute Gasteiger partial charge is 2.00 e. The van der Waals surface area contributed by atoms with Gasteiger partial charge in [-0.25, -0.2) is 24.3 Å². The van der Waals surface area contributed by atoms with Crippen molar-refractivity contribution in [2.24, 2.45) is 0 Å². The van der Waals surface area contributed by atoms with Gasteiger partial charge < -0.3 is 14.9 Å². The van der Waals surface area contributed by atoms with Crippen LogP contribution in [0.25, 0.3) is 0 Å². The molecular weight excluding hydrogens is 622 g/mol. The second-order valence-corrected chi connectivity index (χ2v) is 15.8. The van der Waals surface area contributed by atoms with Crippen molar-refractivity contribution in [3.63, 3.8) is 0 Å². The maximum atomic E-state index is 2.46. The molecule has 0 saturated heterocycles. The Morgan fingerprint density at radius 3 is 1.33 bits per heavy atom. The minimum absolute atomic E-state index is 0. The predicted octanol–water partition coefficient (Wildman–Crippen LogP) is 9.89. The monoisotopic (exact) mass is 668 g/mol. The van der Waals surface area contributed by atoms with E-state index >= 15 is 0 Å². The Bertz CT molecular complexity index is 1540. The summed E-state index contributed by atoms with van der Waals surface area (Å²) in [7, 11) is -1.24. The number of aryl methyl sites for hydroxylation is 4. The first kappa shape index (κ1) is 38.1. The molecule has 0 aliphatic carbocycles. The average Bonchev–Trinajstić information content (AvgIpc) is 3.70. The molecule has 0 nitrogen and oxygen atoms in total. The molecule has 0 fully saturated rings. The Morgan fingerprint density at radius 1 is 0.533 bits per heavy atom. The van der Waals surface area contributed by atoms with Crippen LogP contribution in [0.4, 0.5) is 0 Å². The molecule has 0 radical (unpaired) electrons. The zero-order chi connectivity index (χ0) is 29.5. The van der Waals surface area contributed by atoms with E-state index in [1.54, 1.807) is 0 Å². The number of benzene rings is 4. The Hall–Kier alpha value is -3.04. The first-order chi connectivity index (χ1) is 20.4. The van der Waals surface area contributed by atoms with E-state index < -0.39 is 15.8 Å². The van der Waals surface area contributed by atoms with Gasteiger partial charge in [0.2, 0.25) is 0 Å². The Morgan fingerprint density at radius 2 is 0.956 bits per heavy atom. The van der Waals surface area contributed by atoms with Gasteiger partial charge in [-0.3, -0.25) is 0 Å². The second-order valence-electron chi connectivity index (χ2n) is 11.1. The summed E-state index contributed by atoms with van der Waals surface area (Å²) in [5.41, 5.74) is 7.26. The maximum absolute atomic E-state index is 2.46. The van der Waals surface area contributed by atoms with Crippen LogP contribution in [-0.4, -0.2) is 0 Å². The molecule has 0 amide bonds. The molecule has 234 valence electrons. The third kappa shape index (κ3) is 9.72. The van der Waals surface area contributed by atoms with E-state index in [0.29, 0.717) is 5.66 Å². The predicted molar refractivity (Wildman–Crippen MR) is 202 cm³/mol. The fourth-order valence-corrected chi connectivity index (χ4v) is 11.5. The standard InChI is InChI=1S/C35H35P2.C5H5.2CH3.Fe/c1-25-19-26(2)22-32(21-25)36(33-23-27(3)20-28(4)24-33)29(5)34-17-12-18-35(34)37(30-13-8-6-9-14-30)31-15-10-7-11-16-31;1-2-4-5-3-1;;;/h6-24,29H,1-5H3;1-5H;2*1H3;/q4*-1;+2/t29-;;;;/m1..../s1. The quantitative estimate of drug-likeness (QED) is 0.0903. The molecule has 6 aromatic carbocycles. The van der Waals surface area contributed by atoms with E-state index in [4.69, 9.17) is 0 Å². The van der Waals surface area contributed by atoms with Crippen molar-refractivity contribution in [1.29, 1.82) is 0 Å². The smallest absolute Gasteiger partial charge is 0.358 e.